The number of nitrogens with zero attached hydrogens (tertiary/aromatic N) is 1. The van der Waals surface area contributed by atoms with Crippen LogP contribution in [0.4, 0.5) is 5.69 Å². The van der Waals surface area contributed by atoms with Crippen LogP contribution in [0.2, 0.25) is 0 Å². The van der Waals surface area contributed by atoms with Gasteiger partial charge in [0.25, 0.3) is 0 Å². The Labute approximate surface area is 95.7 Å². The molecule has 1 rings (SSSR count). The number of rotatable bonds is 3. The zero-order valence-corrected chi connectivity index (χ0v) is 10.1. The molecule has 0 aromatic heterocycles. The topological polar surface area (TPSA) is 75.4 Å². The third kappa shape index (κ3) is 3.07. The van der Waals surface area contributed by atoms with Gasteiger partial charge >= 0.3 is 0 Å². The van der Waals surface area contributed by atoms with Crippen molar-refractivity contribution in [2.45, 2.75) is 4.90 Å². The molecule has 0 aliphatic rings. The van der Waals surface area contributed by atoms with Crippen molar-refractivity contribution in [2.24, 2.45) is 5.84 Å². The largest absolute Gasteiger partial charge is 0.324 e. The minimum absolute atomic E-state index is 0. The first-order valence-corrected chi connectivity index (χ1v) is 5.41. The van der Waals surface area contributed by atoms with E-state index in [0.29, 0.717) is 5.69 Å². The fourth-order valence-corrected chi connectivity index (χ4v) is 1.84. The lowest BCUT2D eigenvalue weighted by molar-refractivity contribution is 0.521. The molecule has 1 aromatic rings. The zero-order valence-electron chi connectivity index (χ0n) is 8.47. The predicted molar refractivity (Wildman–Crippen MR) is 62.4 cm³/mol. The first-order chi connectivity index (χ1) is 6.48. The highest BCUT2D eigenvalue weighted by Crippen LogP contribution is 2.15. The van der Waals surface area contributed by atoms with Crippen LogP contribution in [0.5, 0.6) is 0 Å². The van der Waals surface area contributed by atoms with Crippen molar-refractivity contribution >= 4 is 28.1 Å². The third-order valence-corrected chi connectivity index (χ3v) is 3.63. The molecule has 3 N–H and O–H groups in total. The molecule has 0 aliphatic carbocycles. The van der Waals surface area contributed by atoms with E-state index in [1.807, 2.05) is 0 Å². The highest BCUT2D eigenvalue weighted by molar-refractivity contribution is 7.89. The Morgan fingerprint density at radius 3 is 2.00 bits per heavy atom. The van der Waals surface area contributed by atoms with E-state index in [4.69, 9.17) is 5.84 Å². The summed E-state index contributed by atoms with van der Waals surface area (Å²) in [5, 5.41) is 0. The van der Waals surface area contributed by atoms with Gasteiger partial charge in [-0.3, -0.25) is 5.84 Å². The zero-order chi connectivity index (χ0) is 10.8. The average molecular weight is 252 g/mol. The SMILES string of the molecule is CN(C)S(=O)(=O)c1ccc(NN)cc1.Cl. The van der Waals surface area contributed by atoms with Gasteiger partial charge in [0.2, 0.25) is 10.0 Å². The molecule has 5 nitrogen and oxygen atoms in total. The minimum Gasteiger partial charge on any atom is -0.324 e. The van der Waals surface area contributed by atoms with Crippen LogP contribution in [0.3, 0.4) is 0 Å². The Morgan fingerprint density at radius 2 is 1.67 bits per heavy atom. The summed E-state index contributed by atoms with van der Waals surface area (Å²) in [6, 6.07) is 6.22. The monoisotopic (exact) mass is 251 g/mol. The molecule has 0 fully saturated rings. The van der Waals surface area contributed by atoms with Gasteiger partial charge in [-0.05, 0) is 24.3 Å². The van der Waals surface area contributed by atoms with Crippen LogP contribution >= 0.6 is 12.4 Å². The van der Waals surface area contributed by atoms with Crippen LogP contribution in [0, 0.1) is 0 Å². The van der Waals surface area contributed by atoms with Gasteiger partial charge in [0.15, 0.2) is 0 Å². The molecule has 0 saturated heterocycles. The number of sulfonamides is 1. The fraction of sp³-hybridized carbons (Fsp3) is 0.250. The highest BCUT2D eigenvalue weighted by Gasteiger charge is 2.16. The maximum atomic E-state index is 11.6. The number of hydrazine groups is 1. The molecular weight excluding hydrogens is 238 g/mol. The van der Waals surface area contributed by atoms with Crippen molar-refractivity contribution < 1.29 is 8.42 Å². The summed E-state index contributed by atoms with van der Waals surface area (Å²) < 4.78 is 24.4. The summed E-state index contributed by atoms with van der Waals surface area (Å²) >= 11 is 0. The molecule has 0 spiro atoms. The van der Waals surface area contributed by atoms with Crippen molar-refractivity contribution in [1.29, 1.82) is 0 Å². The molecule has 0 saturated carbocycles. The number of halogens is 1. The quantitative estimate of drug-likeness (QED) is 0.611. The summed E-state index contributed by atoms with van der Waals surface area (Å²) in [4.78, 5) is 0.251. The lowest BCUT2D eigenvalue weighted by Crippen LogP contribution is -2.22. The van der Waals surface area contributed by atoms with Crippen LogP contribution in [0.15, 0.2) is 29.2 Å². The van der Waals surface area contributed by atoms with Gasteiger partial charge in [-0.15, -0.1) is 12.4 Å². The van der Waals surface area contributed by atoms with Gasteiger partial charge in [0.1, 0.15) is 0 Å². The van der Waals surface area contributed by atoms with Crippen molar-refractivity contribution in [3.05, 3.63) is 24.3 Å². The lowest BCUT2D eigenvalue weighted by Gasteiger charge is -2.11. The number of nitrogen functional groups attached to an aromatic ring is 1. The molecule has 0 atom stereocenters. The molecule has 0 radical (unpaired) electrons. The molecule has 0 aliphatic heterocycles. The molecule has 0 unspecified atom stereocenters. The maximum absolute atomic E-state index is 11.6. The normalized spacial score (nSPS) is 10.9. The van der Waals surface area contributed by atoms with Crippen molar-refractivity contribution in [2.75, 3.05) is 19.5 Å². The molecule has 15 heavy (non-hydrogen) atoms. The lowest BCUT2D eigenvalue weighted by atomic mass is 10.3. The van der Waals surface area contributed by atoms with E-state index in [1.54, 1.807) is 12.1 Å². The van der Waals surface area contributed by atoms with Gasteiger partial charge in [-0.2, -0.15) is 0 Å². The van der Waals surface area contributed by atoms with Crippen molar-refractivity contribution in [3.8, 4) is 0 Å². The second-order valence-electron chi connectivity index (χ2n) is 2.96. The van der Waals surface area contributed by atoms with Crippen LogP contribution < -0.4 is 11.3 Å². The number of nitrogens with two attached hydrogens (primary N) is 1. The Morgan fingerprint density at radius 1 is 1.20 bits per heavy atom. The van der Waals surface area contributed by atoms with Gasteiger partial charge in [-0.1, -0.05) is 0 Å². The highest BCUT2D eigenvalue weighted by atomic mass is 35.5. The van der Waals surface area contributed by atoms with Crippen LogP contribution in [0.1, 0.15) is 0 Å². The summed E-state index contributed by atoms with van der Waals surface area (Å²) in [7, 11) is -0.356. The molecule has 0 heterocycles. The summed E-state index contributed by atoms with van der Waals surface area (Å²) in [6.45, 7) is 0. The van der Waals surface area contributed by atoms with Crippen LogP contribution in [0.25, 0.3) is 0 Å². The number of nitrogens with one attached hydrogen (secondary N) is 1. The van der Waals surface area contributed by atoms with E-state index in [-0.39, 0.29) is 17.3 Å². The summed E-state index contributed by atoms with van der Waals surface area (Å²) in [6.07, 6.45) is 0. The number of benzene rings is 1. The maximum Gasteiger partial charge on any atom is 0.242 e. The number of hydrogen-bond donors (Lipinski definition) is 2. The van der Waals surface area contributed by atoms with E-state index < -0.39 is 10.0 Å². The van der Waals surface area contributed by atoms with E-state index in [1.165, 1.54) is 26.2 Å². The fourth-order valence-electron chi connectivity index (χ4n) is 0.934. The molecular formula is C8H14ClN3O2S. The van der Waals surface area contributed by atoms with E-state index in [9.17, 15) is 8.42 Å². The summed E-state index contributed by atoms with van der Waals surface area (Å²) in [5.41, 5.74) is 3.10. The molecule has 0 bridgehead atoms. The Hall–Kier alpha value is -0.820. The molecule has 7 heteroatoms. The summed E-state index contributed by atoms with van der Waals surface area (Å²) in [5.74, 6) is 5.16. The molecule has 0 amide bonds. The second kappa shape index (κ2) is 5.32. The van der Waals surface area contributed by atoms with Crippen LogP contribution in [-0.2, 0) is 10.0 Å². The van der Waals surface area contributed by atoms with Crippen molar-refractivity contribution in [3.63, 3.8) is 0 Å². The van der Waals surface area contributed by atoms with Crippen molar-refractivity contribution in [1.82, 2.24) is 4.31 Å². The number of anilines is 1. The second-order valence-corrected chi connectivity index (χ2v) is 5.11. The molecule has 1 aromatic carbocycles. The predicted octanol–water partition coefficient (Wildman–Crippen LogP) is 0.644. The number of hydrogen-bond acceptors (Lipinski definition) is 4. The van der Waals surface area contributed by atoms with Gasteiger partial charge in [0.05, 0.1) is 4.90 Å². The first-order valence-electron chi connectivity index (χ1n) is 3.97. The minimum atomic E-state index is -3.34. The molecule has 86 valence electrons. The Bertz CT molecular complexity index is 402. The van der Waals surface area contributed by atoms with E-state index in [0.717, 1.165) is 4.31 Å². The first kappa shape index (κ1) is 14.2. The standard InChI is InChI=1S/C8H13N3O2S.ClH/c1-11(2)14(12,13)8-5-3-7(10-9)4-6-8;/h3-6,10H,9H2,1-2H3;1H. The Kier molecular flexibility index (Phi) is 5.02. The van der Waals surface area contributed by atoms with E-state index in [2.05, 4.69) is 5.43 Å². The smallest absolute Gasteiger partial charge is 0.242 e. The van der Waals surface area contributed by atoms with Gasteiger partial charge in [-0.25, -0.2) is 12.7 Å². The van der Waals surface area contributed by atoms with E-state index >= 15 is 0 Å². The average Bonchev–Trinajstić information content (AvgIpc) is 2.17. The Balaban J connectivity index is 0.00000196. The van der Waals surface area contributed by atoms with Gasteiger partial charge in [0, 0.05) is 19.8 Å². The van der Waals surface area contributed by atoms with Crippen LogP contribution in [-0.4, -0.2) is 26.8 Å². The third-order valence-electron chi connectivity index (χ3n) is 1.80. The van der Waals surface area contributed by atoms with Gasteiger partial charge < -0.3 is 5.43 Å².